The molecule has 0 saturated carbocycles. The summed E-state index contributed by atoms with van der Waals surface area (Å²) in [5.74, 6) is -0.373. The van der Waals surface area contributed by atoms with Gasteiger partial charge in [0, 0.05) is 13.0 Å². The minimum absolute atomic E-state index is 0.193. The summed E-state index contributed by atoms with van der Waals surface area (Å²) in [5, 5.41) is 2.80. The topological polar surface area (TPSA) is 64.6 Å². The molecule has 5 nitrogen and oxygen atoms in total. The highest BCUT2D eigenvalue weighted by molar-refractivity contribution is 9.10. The number of hydrogen-bond acceptors (Lipinski definition) is 4. The summed E-state index contributed by atoms with van der Waals surface area (Å²) < 4.78 is 23.6. The number of benzene rings is 1. The molecule has 0 saturated heterocycles. The van der Waals surface area contributed by atoms with Gasteiger partial charge < -0.3 is 14.8 Å². The zero-order chi connectivity index (χ0) is 17.9. The summed E-state index contributed by atoms with van der Waals surface area (Å²) >= 11 is 3.20. The van der Waals surface area contributed by atoms with Crippen LogP contribution in [0.4, 0.5) is 4.39 Å². The van der Waals surface area contributed by atoms with Crippen LogP contribution in [0, 0.1) is 5.82 Å². The van der Waals surface area contributed by atoms with Gasteiger partial charge in [-0.2, -0.15) is 0 Å². The van der Waals surface area contributed by atoms with E-state index in [0.717, 1.165) is 25.7 Å². The number of carbonyl (C=O) groups is 2. The summed E-state index contributed by atoms with van der Waals surface area (Å²) in [4.78, 5) is 22.9. The molecular formula is C17H23BrFNO4. The minimum atomic E-state index is -0.675. The van der Waals surface area contributed by atoms with Crippen molar-refractivity contribution in [1.29, 1.82) is 0 Å². The molecule has 0 radical (unpaired) electrons. The second-order valence-corrected chi connectivity index (χ2v) is 6.22. The number of rotatable bonds is 10. The zero-order valence-electron chi connectivity index (χ0n) is 13.9. The van der Waals surface area contributed by atoms with Gasteiger partial charge in [-0.3, -0.25) is 9.59 Å². The lowest BCUT2D eigenvalue weighted by molar-refractivity contribution is -0.140. The van der Waals surface area contributed by atoms with Crippen LogP contribution < -0.4 is 10.1 Å². The lowest BCUT2D eigenvalue weighted by Gasteiger charge is -2.15. The van der Waals surface area contributed by atoms with E-state index in [1.807, 2.05) is 0 Å². The Hall–Kier alpha value is -1.63. The Labute approximate surface area is 150 Å². The van der Waals surface area contributed by atoms with Crippen LogP contribution in [-0.2, 0) is 14.3 Å². The molecule has 0 aliphatic carbocycles. The van der Waals surface area contributed by atoms with Crippen molar-refractivity contribution in [2.45, 2.75) is 45.1 Å². The van der Waals surface area contributed by atoms with Crippen molar-refractivity contribution in [3.05, 3.63) is 28.5 Å². The van der Waals surface area contributed by atoms with E-state index in [1.165, 1.54) is 25.3 Å². The van der Waals surface area contributed by atoms with Crippen molar-refractivity contribution in [2.24, 2.45) is 0 Å². The van der Waals surface area contributed by atoms with Gasteiger partial charge >= 0.3 is 5.97 Å². The molecule has 0 spiro atoms. The van der Waals surface area contributed by atoms with Gasteiger partial charge in [0.05, 0.1) is 11.6 Å². The van der Waals surface area contributed by atoms with Crippen molar-refractivity contribution >= 4 is 27.8 Å². The summed E-state index contributed by atoms with van der Waals surface area (Å²) in [6.45, 7) is 2.19. The summed E-state index contributed by atoms with van der Waals surface area (Å²) in [6, 6.07) is 4.04. The molecule has 134 valence electrons. The van der Waals surface area contributed by atoms with Crippen LogP contribution in [0.15, 0.2) is 22.7 Å². The van der Waals surface area contributed by atoms with Gasteiger partial charge in [0.25, 0.3) is 5.91 Å². The van der Waals surface area contributed by atoms with Crippen LogP contribution in [0.25, 0.3) is 0 Å². The number of amides is 1. The van der Waals surface area contributed by atoms with Gasteiger partial charge in [0.1, 0.15) is 11.6 Å². The smallest absolute Gasteiger partial charge is 0.305 e. The highest BCUT2D eigenvalue weighted by Crippen LogP contribution is 2.26. The molecule has 1 rings (SSSR count). The van der Waals surface area contributed by atoms with Crippen LogP contribution in [0.2, 0.25) is 0 Å². The molecule has 1 aromatic carbocycles. The first-order chi connectivity index (χ1) is 11.4. The Balaban J connectivity index is 2.19. The highest BCUT2D eigenvalue weighted by atomic mass is 79.9. The number of ether oxygens (including phenoxy) is 2. The Morgan fingerprint density at radius 2 is 1.96 bits per heavy atom. The fraction of sp³-hybridized carbons (Fsp3) is 0.529. The van der Waals surface area contributed by atoms with Gasteiger partial charge in [0.15, 0.2) is 6.10 Å². The largest absolute Gasteiger partial charge is 0.480 e. The van der Waals surface area contributed by atoms with Crippen molar-refractivity contribution in [1.82, 2.24) is 5.32 Å². The quantitative estimate of drug-likeness (QED) is 0.478. The van der Waals surface area contributed by atoms with E-state index in [2.05, 4.69) is 26.0 Å². The number of halogens is 2. The van der Waals surface area contributed by atoms with E-state index in [0.29, 0.717) is 23.2 Å². The van der Waals surface area contributed by atoms with E-state index in [-0.39, 0.29) is 17.7 Å². The molecular weight excluding hydrogens is 381 g/mol. The summed E-state index contributed by atoms with van der Waals surface area (Å²) in [6.07, 6.45) is 3.22. The minimum Gasteiger partial charge on any atom is -0.480 e. The second-order valence-electron chi connectivity index (χ2n) is 5.37. The Bertz CT molecular complexity index is 553. The van der Waals surface area contributed by atoms with Crippen LogP contribution >= 0.6 is 15.9 Å². The molecule has 0 aliphatic rings. The summed E-state index contributed by atoms with van der Waals surface area (Å²) in [7, 11) is 1.38. The van der Waals surface area contributed by atoms with Crippen molar-refractivity contribution in [3.63, 3.8) is 0 Å². The molecule has 1 atom stereocenters. The second kappa shape index (κ2) is 11.0. The van der Waals surface area contributed by atoms with Crippen LogP contribution in [0.3, 0.4) is 0 Å². The van der Waals surface area contributed by atoms with Gasteiger partial charge in [-0.25, -0.2) is 4.39 Å². The molecule has 1 N–H and O–H groups in total. The first kappa shape index (κ1) is 20.4. The number of nitrogens with one attached hydrogen (secondary N) is 1. The van der Waals surface area contributed by atoms with Crippen LogP contribution in [0.1, 0.15) is 39.0 Å². The molecule has 7 heteroatoms. The third-order valence-corrected chi connectivity index (χ3v) is 4.02. The lowest BCUT2D eigenvalue weighted by atomic mass is 10.1. The third kappa shape index (κ3) is 7.77. The van der Waals surface area contributed by atoms with Gasteiger partial charge in [-0.05, 0) is 53.9 Å². The van der Waals surface area contributed by atoms with E-state index < -0.39 is 6.10 Å². The maximum atomic E-state index is 13.0. The molecule has 1 unspecified atom stereocenters. The number of esters is 1. The molecule has 24 heavy (non-hydrogen) atoms. The number of methoxy groups -OCH3 is 1. The van der Waals surface area contributed by atoms with Crippen molar-refractivity contribution in [2.75, 3.05) is 13.7 Å². The highest BCUT2D eigenvalue weighted by Gasteiger charge is 2.15. The first-order valence-electron chi connectivity index (χ1n) is 7.90. The monoisotopic (exact) mass is 403 g/mol. The van der Waals surface area contributed by atoms with Gasteiger partial charge in [0.2, 0.25) is 0 Å². The van der Waals surface area contributed by atoms with Crippen molar-refractivity contribution in [3.8, 4) is 5.75 Å². The molecule has 1 aromatic rings. The Morgan fingerprint density at radius 3 is 2.62 bits per heavy atom. The van der Waals surface area contributed by atoms with E-state index in [1.54, 1.807) is 6.92 Å². The summed E-state index contributed by atoms with van der Waals surface area (Å²) in [5.41, 5.74) is 0. The third-order valence-electron chi connectivity index (χ3n) is 3.40. The molecule has 0 heterocycles. The average molecular weight is 404 g/mol. The lowest BCUT2D eigenvalue weighted by Crippen LogP contribution is -2.36. The standard InChI is InChI=1S/C17H23BrFNO4/c1-12(24-15-9-8-13(19)11-14(15)18)17(22)20-10-6-4-3-5-7-16(21)23-2/h8-9,11-12H,3-7,10H2,1-2H3,(H,20,22). The molecule has 0 aliphatic heterocycles. The average Bonchev–Trinajstić information content (AvgIpc) is 2.55. The predicted octanol–water partition coefficient (Wildman–Crippen LogP) is 3.60. The molecule has 0 bridgehead atoms. The first-order valence-corrected chi connectivity index (χ1v) is 8.69. The molecule has 0 aromatic heterocycles. The maximum Gasteiger partial charge on any atom is 0.305 e. The Morgan fingerprint density at radius 1 is 1.25 bits per heavy atom. The molecule has 0 fully saturated rings. The van der Waals surface area contributed by atoms with Crippen LogP contribution in [0.5, 0.6) is 5.75 Å². The fourth-order valence-corrected chi connectivity index (χ4v) is 2.46. The van der Waals surface area contributed by atoms with E-state index in [9.17, 15) is 14.0 Å². The number of unbranched alkanes of at least 4 members (excludes halogenated alkanes) is 3. The van der Waals surface area contributed by atoms with Crippen LogP contribution in [-0.4, -0.2) is 31.6 Å². The van der Waals surface area contributed by atoms with Gasteiger partial charge in [-0.1, -0.05) is 12.8 Å². The van der Waals surface area contributed by atoms with E-state index in [4.69, 9.17) is 4.74 Å². The maximum absolute atomic E-state index is 13.0. The normalized spacial score (nSPS) is 11.7. The predicted molar refractivity (Wildman–Crippen MR) is 92.3 cm³/mol. The molecule has 1 amide bonds. The van der Waals surface area contributed by atoms with Gasteiger partial charge in [-0.15, -0.1) is 0 Å². The Kier molecular flexibility index (Phi) is 9.37. The SMILES string of the molecule is COC(=O)CCCCCCNC(=O)C(C)Oc1ccc(F)cc1Br. The number of carbonyl (C=O) groups excluding carboxylic acids is 2. The van der Waals surface area contributed by atoms with E-state index >= 15 is 0 Å². The van der Waals surface area contributed by atoms with Crippen molar-refractivity contribution < 1.29 is 23.5 Å². The zero-order valence-corrected chi connectivity index (χ0v) is 15.5. The number of hydrogen-bond donors (Lipinski definition) is 1. The fourth-order valence-electron chi connectivity index (χ4n) is 2.02.